The van der Waals surface area contributed by atoms with Crippen LogP contribution in [-0.2, 0) is 11.2 Å². The third kappa shape index (κ3) is 3.53. The van der Waals surface area contributed by atoms with Crippen LogP contribution in [0.3, 0.4) is 0 Å². The number of nitrogens with one attached hydrogen (secondary N) is 1. The van der Waals surface area contributed by atoms with Crippen LogP contribution in [0.4, 0.5) is 0 Å². The first-order chi connectivity index (χ1) is 11.2. The number of ether oxygens (including phenoxy) is 1. The Labute approximate surface area is 142 Å². The Bertz CT molecular complexity index is 845. The number of hydrogen-bond donors (Lipinski definition) is 1. The van der Waals surface area contributed by atoms with Gasteiger partial charge in [-0.15, -0.1) is 0 Å². The number of methoxy groups -OCH3 is 1. The minimum Gasteiger partial charge on any atom is -0.496 e. The second kappa shape index (κ2) is 6.83. The van der Waals surface area contributed by atoms with Crippen molar-refractivity contribution in [2.45, 2.75) is 12.8 Å². The van der Waals surface area contributed by atoms with E-state index in [0.717, 1.165) is 26.8 Å². The van der Waals surface area contributed by atoms with E-state index in [0.29, 0.717) is 12.8 Å². The van der Waals surface area contributed by atoms with E-state index in [-0.39, 0.29) is 5.91 Å². The Morgan fingerprint density at radius 1 is 1.30 bits per heavy atom. The van der Waals surface area contributed by atoms with Crippen LogP contribution in [0.2, 0.25) is 0 Å². The third-order valence-corrected chi connectivity index (χ3v) is 4.18. The molecule has 0 saturated heterocycles. The van der Waals surface area contributed by atoms with Gasteiger partial charge in [-0.05, 0) is 52.2 Å². The fourth-order valence-electron chi connectivity index (χ4n) is 2.36. The molecule has 0 unspecified atom stereocenters. The summed E-state index contributed by atoms with van der Waals surface area (Å²) in [6.45, 7) is 0. The van der Waals surface area contributed by atoms with Crippen LogP contribution in [-0.4, -0.2) is 22.7 Å². The Morgan fingerprint density at radius 2 is 2.13 bits per heavy atom. The van der Waals surface area contributed by atoms with Crippen LogP contribution in [0.1, 0.15) is 12.0 Å². The molecule has 1 N–H and O–H groups in total. The number of halogens is 1. The molecule has 0 radical (unpaired) electrons. The number of amides is 1. The molecule has 0 aliphatic heterocycles. The van der Waals surface area contributed by atoms with Crippen molar-refractivity contribution in [3.63, 3.8) is 0 Å². The molecule has 0 bridgehead atoms. The standard InChI is InChI=1S/C17H16BrN3O2/c1-23-16-8-6-12(10-13(16)18)7-9-17(22)20-21-11-19-14-4-2-3-5-15(14)21/h2-6,8,10-11H,7,9H2,1H3,(H,20,22). The van der Waals surface area contributed by atoms with Gasteiger partial charge in [-0.25, -0.2) is 9.66 Å². The smallest absolute Gasteiger partial charge is 0.239 e. The highest BCUT2D eigenvalue weighted by Crippen LogP contribution is 2.26. The van der Waals surface area contributed by atoms with Crippen LogP contribution >= 0.6 is 15.9 Å². The highest BCUT2D eigenvalue weighted by molar-refractivity contribution is 9.10. The van der Waals surface area contributed by atoms with E-state index in [4.69, 9.17) is 4.74 Å². The molecule has 0 fully saturated rings. The molecule has 1 aromatic heterocycles. The second-order valence-corrected chi connectivity index (χ2v) is 5.96. The van der Waals surface area contributed by atoms with Crippen molar-refractivity contribution in [1.82, 2.24) is 9.66 Å². The topological polar surface area (TPSA) is 56.1 Å². The first-order valence-corrected chi connectivity index (χ1v) is 8.01. The maximum absolute atomic E-state index is 12.1. The molecule has 0 saturated carbocycles. The Balaban J connectivity index is 1.62. The number of nitrogens with zero attached hydrogens (tertiary/aromatic N) is 2. The number of imidazole rings is 1. The minimum absolute atomic E-state index is 0.0555. The fraction of sp³-hybridized carbons (Fsp3) is 0.176. The van der Waals surface area contributed by atoms with Crippen LogP contribution in [0.15, 0.2) is 53.3 Å². The average molecular weight is 374 g/mol. The van der Waals surface area contributed by atoms with Gasteiger partial charge >= 0.3 is 0 Å². The summed E-state index contributed by atoms with van der Waals surface area (Å²) in [7, 11) is 1.63. The number of carbonyl (C=O) groups excluding carboxylic acids is 1. The zero-order chi connectivity index (χ0) is 16.2. The van der Waals surface area contributed by atoms with Gasteiger partial charge in [0, 0.05) is 6.42 Å². The first kappa shape index (κ1) is 15.6. The molecule has 1 heterocycles. The van der Waals surface area contributed by atoms with Gasteiger partial charge in [0.2, 0.25) is 5.91 Å². The lowest BCUT2D eigenvalue weighted by Gasteiger charge is -2.08. The molecule has 5 nitrogen and oxygen atoms in total. The van der Waals surface area contributed by atoms with Gasteiger partial charge < -0.3 is 4.74 Å². The molecule has 0 aliphatic rings. The van der Waals surface area contributed by atoms with Gasteiger partial charge in [-0.2, -0.15) is 0 Å². The van der Waals surface area contributed by atoms with Crippen molar-refractivity contribution < 1.29 is 9.53 Å². The van der Waals surface area contributed by atoms with E-state index in [2.05, 4.69) is 26.3 Å². The van der Waals surface area contributed by atoms with Gasteiger partial charge in [0.1, 0.15) is 12.1 Å². The number of benzene rings is 2. The van der Waals surface area contributed by atoms with Gasteiger partial charge in [0.15, 0.2) is 0 Å². The number of para-hydroxylation sites is 2. The van der Waals surface area contributed by atoms with E-state index in [1.807, 2.05) is 42.5 Å². The highest BCUT2D eigenvalue weighted by atomic mass is 79.9. The Kier molecular flexibility index (Phi) is 4.62. The van der Waals surface area contributed by atoms with Crippen molar-refractivity contribution >= 4 is 32.9 Å². The molecule has 6 heteroatoms. The van der Waals surface area contributed by atoms with E-state index in [1.165, 1.54) is 0 Å². The molecule has 3 rings (SSSR count). The fourth-order valence-corrected chi connectivity index (χ4v) is 2.95. The number of fused-ring (bicyclic) bond motifs is 1. The quantitative estimate of drug-likeness (QED) is 0.744. The molecule has 0 atom stereocenters. The Morgan fingerprint density at radius 3 is 2.91 bits per heavy atom. The lowest BCUT2D eigenvalue weighted by molar-refractivity contribution is -0.117. The highest BCUT2D eigenvalue weighted by Gasteiger charge is 2.07. The molecule has 2 aromatic carbocycles. The number of hydrogen-bond acceptors (Lipinski definition) is 3. The molecule has 118 valence electrons. The molecule has 0 aliphatic carbocycles. The van der Waals surface area contributed by atoms with E-state index in [9.17, 15) is 4.79 Å². The summed E-state index contributed by atoms with van der Waals surface area (Å²) in [5.41, 5.74) is 5.66. The normalized spacial score (nSPS) is 10.7. The summed E-state index contributed by atoms with van der Waals surface area (Å²) in [5, 5.41) is 0. The van der Waals surface area contributed by atoms with E-state index in [1.54, 1.807) is 18.1 Å². The lowest BCUT2D eigenvalue weighted by atomic mass is 10.1. The van der Waals surface area contributed by atoms with E-state index >= 15 is 0 Å². The SMILES string of the molecule is COc1ccc(CCC(=O)Nn2cnc3ccccc32)cc1Br. The van der Waals surface area contributed by atoms with Gasteiger partial charge in [0.25, 0.3) is 0 Å². The number of rotatable bonds is 5. The molecular weight excluding hydrogens is 358 g/mol. The molecular formula is C17H16BrN3O2. The third-order valence-electron chi connectivity index (χ3n) is 3.56. The van der Waals surface area contributed by atoms with Gasteiger partial charge in [-0.1, -0.05) is 18.2 Å². The average Bonchev–Trinajstić information content (AvgIpc) is 2.96. The molecule has 23 heavy (non-hydrogen) atoms. The largest absolute Gasteiger partial charge is 0.496 e. The predicted molar refractivity (Wildman–Crippen MR) is 93.1 cm³/mol. The maximum atomic E-state index is 12.1. The zero-order valence-corrected chi connectivity index (χ0v) is 14.2. The predicted octanol–water partition coefficient (Wildman–Crippen LogP) is 3.51. The van der Waals surface area contributed by atoms with Crippen molar-refractivity contribution in [2.24, 2.45) is 0 Å². The van der Waals surface area contributed by atoms with E-state index < -0.39 is 0 Å². The number of carbonyl (C=O) groups is 1. The molecule has 1 amide bonds. The monoisotopic (exact) mass is 373 g/mol. The van der Waals surface area contributed by atoms with Gasteiger partial charge in [0.05, 0.1) is 22.6 Å². The number of aromatic nitrogens is 2. The van der Waals surface area contributed by atoms with Crippen LogP contribution in [0.5, 0.6) is 5.75 Å². The zero-order valence-electron chi connectivity index (χ0n) is 12.6. The van der Waals surface area contributed by atoms with Crippen molar-refractivity contribution in [1.29, 1.82) is 0 Å². The molecule has 3 aromatic rings. The minimum atomic E-state index is -0.0555. The summed E-state index contributed by atoms with van der Waals surface area (Å²) in [6.07, 6.45) is 2.67. The summed E-state index contributed by atoms with van der Waals surface area (Å²) in [5.74, 6) is 0.725. The van der Waals surface area contributed by atoms with Crippen LogP contribution in [0.25, 0.3) is 11.0 Å². The summed E-state index contributed by atoms with van der Waals surface area (Å²) in [6, 6.07) is 13.5. The van der Waals surface area contributed by atoms with Crippen molar-refractivity contribution in [2.75, 3.05) is 12.5 Å². The van der Waals surface area contributed by atoms with Crippen molar-refractivity contribution in [3.05, 3.63) is 58.8 Å². The molecule has 0 spiro atoms. The summed E-state index contributed by atoms with van der Waals surface area (Å²) >= 11 is 3.45. The lowest BCUT2D eigenvalue weighted by Crippen LogP contribution is -2.22. The summed E-state index contributed by atoms with van der Waals surface area (Å²) < 4.78 is 7.74. The second-order valence-electron chi connectivity index (χ2n) is 5.11. The van der Waals surface area contributed by atoms with Gasteiger partial charge in [-0.3, -0.25) is 10.2 Å². The Hall–Kier alpha value is -2.34. The summed E-state index contributed by atoms with van der Waals surface area (Å²) in [4.78, 5) is 16.4. The first-order valence-electron chi connectivity index (χ1n) is 7.22. The van der Waals surface area contributed by atoms with Crippen LogP contribution in [0, 0.1) is 0 Å². The maximum Gasteiger partial charge on any atom is 0.239 e. The number of aryl methyl sites for hydroxylation is 1. The van der Waals surface area contributed by atoms with Crippen LogP contribution < -0.4 is 10.2 Å². The van der Waals surface area contributed by atoms with Crippen molar-refractivity contribution in [3.8, 4) is 5.75 Å².